The number of nitrogens with zero attached hydrogens (tertiary/aromatic N) is 1. The smallest absolute Gasteiger partial charge is 0.326 e. The molecule has 0 spiro atoms. The van der Waals surface area contributed by atoms with Crippen LogP contribution >= 0.6 is 11.8 Å². The molecule has 23 heavy (non-hydrogen) atoms. The number of thioether (sulfide) groups is 1. The Morgan fingerprint density at radius 3 is 2.83 bits per heavy atom. The number of carboxylic acid groups (broad SMARTS) is 1. The molecule has 1 heterocycles. The fourth-order valence-corrected chi connectivity index (χ4v) is 2.76. The molecule has 6 nitrogen and oxygen atoms in total. The molecular weight excluding hydrogens is 316 g/mol. The summed E-state index contributed by atoms with van der Waals surface area (Å²) in [5.41, 5.74) is 1.12. The van der Waals surface area contributed by atoms with Crippen LogP contribution < -0.4 is 10.1 Å². The molecular formula is C16H22N2O4S. The van der Waals surface area contributed by atoms with Crippen LogP contribution in [-0.4, -0.2) is 59.3 Å². The lowest BCUT2D eigenvalue weighted by atomic mass is 10.1. The molecule has 1 fully saturated rings. The monoisotopic (exact) mass is 338 g/mol. The van der Waals surface area contributed by atoms with Crippen LogP contribution in [0.2, 0.25) is 0 Å². The number of hydrogen-bond acceptors (Lipinski definition) is 4. The highest BCUT2D eigenvalue weighted by atomic mass is 32.2. The van der Waals surface area contributed by atoms with Gasteiger partial charge >= 0.3 is 12.0 Å². The second-order valence-corrected chi connectivity index (χ2v) is 6.57. The summed E-state index contributed by atoms with van der Waals surface area (Å²) in [6.45, 7) is 2.93. The van der Waals surface area contributed by atoms with Crippen molar-refractivity contribution in [3.8, 4) is 5.75 Å². The Labute approximate surface area is 140 Å². The van der Waals surface area contributed by atoms with Gasteiger partial charge in [0.2, 0.25) is 0 Å². The molecule has 2 N–H and O–H groups in total. The largest absolute Gasteiger partial charge is 0.487 e. The first-order valence-electron chi connectivity index (χ1n) is 7.50. The number of carboxylic acids is 1. The van der Waals surface area contributed by atoms with Crippen molar-refractivity contribution in [3.63, 3.8) is 0 Å². The highest BCUT2D eigenvalue weighted by Gasteiger charge is 2.34. The van der Waals surface area contributed by atoms with E-state index in [0.717, 1.165) is 11.3 Å². The summed E-state index contributed by atoms with van der Waals surface area (Å²) in [5.74, 6) is 0.481. The molecule has 126 valence electrons. The van der Waals surface area contributed by atoms with Crippen molar-refractivity contribution in [3.05, 3.63) is 29.8 Å². The van der Waals surface area contributed by atoms with Crippen molar-refractivity contribution in [2.24, 2.45) is 0 Å². The summed E-state index contributed by atoms with van der Waals surface area (Å²) in [4.78, 5) is 24.7. The van der Waals surface area contributed by atoms with Gasteiger partial charge < -0.3 is 20.1 Å². The zero-order valence-electron chi connectivity index (χ0n) is 13.3. The summed E-state index contributed by atoms with van der Waals surface area (Å²) in [7, 11) is 0. The standard InChI is InChI=1S/C16H22N2O4S/c1-11-4-3-5-12(8-11)22-13-9-18(10-13)16(21)17-14(15(19)20)6-7-23-2/h3-5,8,13-14H,6-7,9-10H2,1-2H3,(H,17,21)(H,19,20)/t14-/m0/s1. The first-order valence-corrected chi connectivity index (χ1v) is 8.89. The quantitative estimate of drug-likeness (QED) is 0.795. The molecule has 0 unspecified atom stereocenters. The lowest BCUT2D eigenvalue weighted by Gasteiger charge is -2.39. The summed E-state index contributed by atoms with van der Waals surface area (Å²) >= 11 is 1.56. The minimum Gasteiger partial charge on any atom is -0.487 e. The molecule has 0 radical (unpaired) electrons. The molecule has 1 aromatic rings. The maximum Gasteiger partial charge on any atom is 0.326 e. The topological polar surface area (TPSA) is 78.9 Å². The SMILES string of the molecule is CSCC[C@H](NC(=O)N1CC(Oc2cccc(C)c2)C1)C(=O)O. The first kappa shape index (κ1) is 17.5. The zero-order chi connectivity index (χ0) is 16.8. The van der Waals surface area contributed by atoms with Crippen molar-refractivity contribution in [1.82, 2.24) is 10.2 Å². The van der Waals surface area contributed by atoms with E-state index >= 15 is 0 Å². The van der Waals surface area contributed by atoms with Gasteiger partial charge in [-0.1, -0.05) is 12.1 Å². The van der Waals surface area contributed by atoms with E-state index in [9.17, 15) is 9.59 Å². The Morgan fingerprint density at radius 2 is 2.22 bits per heavy atom. The number of urea groups is 1. The number of hydrogen-bond donors (Lipinski definition) is 2. The maximum absolute atomic E-state index is 12.0. The summed E-state index contributed by atoms with van der Waals surface area (Å²) in [5, 5.41) is 11.7. The Balaban J connectivity index is 1.77. The average Bonchev–Trinajstić information content (AvgIpc) is 2.46. The number of rotatable bonds is 7. The van der Waals surface area contributed by atoms with Crippen molar-refractivity contribution >= 4 is 23.8 Å². The Bertz CT molecular complexity index is 561. The van der Waals surface area contributed by atoms with Crippen molar-refractivity contribution in [2.75, 3.05) is 25.1 Å². The van der Waals surface area contributed by atoms with E-state index in [2.05, 4.69) is 5.32 Å². The molecule has 1 aromatic carbocycles. The van der Waals surface area contributed by atoms with E-state index in [0.29, 0.717) is 25.3 Å². The molecule has 0 saturated carbocycles. The number of aryl methyl sites for hydroxylation is 1. The second-order valence-electron chi connectivity index (χ2n) is 5.58. The maximum atomic E-state index is 12.0. The lowest BCUT2D eigenvalue weighted by Crippen LogP contribution is -2.60. The predicted octanol–water partition coefficient (Wildman–Crippen LogP) is 1.97. The van der Waals surface area contributed by atoms with Gasteiger partial charge in [-0.25, -0.2) is 9.59 Å². The first-order chi connectivity index (χ1) is 11.0. The number of nitrogens with one attached hydrogen (secondary N) is 1. The van der Waals surface area contributed by atoms with Gasteiger partial charge in [-0.3, -0.25) is 0 Å². The number of benzene rings is 1. The minimum absolute atomic E-state index is 0.0444. The van der Waals surface area contributed by atoms with Gasteiger partial charge in [0.15, 0.2) is 0 Å². The molecule has 0 aliphatic carbocycles. The molecule has 0 aromatic heterocycles. The van der Waals surface area contributed by atoms with Crippen LogP contribution in [0.3, 0.4) is 0 Å². The van der Waals surface area contributed by atoms with Crippen LogP contribution in [0.5, 0.6) is 5.75 Å². The van der Waals surface area contributed by atoms with Crippen LogP contribution in [0.15, 0.2) is 24.3 Å². The van der Waals surface area contributed by atoms with Crippen molar-refractivity contribution < 1.29 is 19.4 Å². The summed E-state index contributed by atoms with van der Waals surface area (Å²) in [6.07, 6.45) is 2.28. The highest BCUT2D eigenvalue weighted by Crippen LogP contribution is 2.19. The van der Waals surface area contributed by atoms with Gasteiger partial charge in [0.25, 0.3) is 0 Å². The van der Waals surface area contributed by atoms with Gasteiger partial charge in [0.05, 0.1) is 13.1 Å². The molecule has 2 amide bonds. The van der Waals surface area contributed by atoms with E-state index < -0.39 is 12.0 Å². The Kier molecular flexibility index (Phi) is 6.15. The third-order valence-corrected chi connectivity index (χ3v) is 4.28. The zero-order valence-corrected chi connectivity index (χ0v) is 14.1. The number of aliphatic carboxylic acids is 1. The summed E-state index contributed by atoms with van der Waals surface area (Å²) < 4.78 is 5.79. The highest BCUT2D eigenvalue weighted by molar-refractivity contribution is 7.98. The second kappa shape index (κ2) is 8.10. The van der Waals surface area contributed by atoms with Gasteiger partial charge in [0, 0.05) is 0 Å². The number of carbonyl (C=O) groups is 2. The number of amides is 2. The van der Waals surface area contributed by atoms with Crippen molar-refractivity contribution in [1.29, 1.82) is 0 Å². The van der Waals surface area contributed by atoms with Crippen LogP contribution in [0.1, 0.15) is 12.0 Å². The van der Waals surface area contributed by atoms with Gasteiger partial charge in [-0.2, -0.15) is 11.8 Å². The average molecular weight is 338 g/mol. The lowest BCUT2D eigenvalue weighted by molar-refractivity contribution is -0.139. The molecule has 2 rings (SSSR count). The van der Waals surface area contributed by atoms with Gasteiger partial charge in [0.1, 0.15) is 17.9 Å². The van der Waals surface area contributed by atoms with E-state index in [1.165, 1.54) is 0 Å². The molecule has 0 bridgehead atoms. The van der Waals surface area contributed by atoms with Gasteiger partial charge in [-0.15, -0.1) is 0 Å². The van der Waals surface area contributed by atoms with E-state index in [-0.39, 0.29) is 12.1 Å². The molecule has 1 atom stereocenters. The fourth-order valence-electron chi connectivity index (χ4n) is 2.29. The van der Waals surface area contributed by atoms with Gasteiger partial charge in [-0.05, 0) is 43.0 Å². The Morgan fingerprint density at radius 1 is 1.48 bits per heavy atom. The molecule has 1 aliphatic heterocycles. The van der Waals surface area contributed by atoms with Crippen LogP contribution in [-0.2, 0) is 4.79 Å². The number of ether oxygens (including phenoxy) is 1. The van der Waals surface area contributed by atoms with E-state index in [1.54, 1.807) is 16.7 Å². The normalized spacial score (nSPS) is 15.7. The minimum atomic E-state index is -1.000. The molecule has 1 saturated heterocycles. The molecule has 1 aliphatic rings. The third kappa shape index (κ3) is 5.06. The van der Waals surface area contributed by atoms with E-state index in [1.807, 2.05) is 37.4 Å². The Hall–Kier alpha value is -1.89. The predicted molar refractivity (Wildman–Crippen MR) is 90.1 cm³/mol. The molecule has 7 heteroatoms. The van der Waals surface area contributed by atoms with Crippen LogP contribution in [0.4, 0.5) is 4.79 Å². The fraction of sp³-hybridized carbons (Fsp3) is 0.500. The number of likely N-dealkylation sites (tertiary alicyclic amines) is 1. The number of carbonyl (C=O) groups excluding carboxylic acids is 1. The van der Waals surface area contributed by atoms with E-state index in [4.69, 9.17) is 9.84 Å². The summed E-state index contributed by atoms with van der Waals surface area (Å²) in [6, 6.07) is 6.57. The van der Waals surface area contributed by atoms with Crippen LogP contribution in [0.25, 0.3) is 0 Å². The van der Waals surface area contributed by atoms with Crippen LogP contribution in [0, 0.1) is 6.92 Å². The van der Waals surface area contributed by atoms with Crippen molar-refractivity contribution in [2.45, 2.75) is 25.5 Å². The third-order valence-electron chi connectivity index (χ3n) is 3.63.